The summed E-state index contributed by atoms with van der Waals surface area (Å²) in [4.78, 5) is 17.0. The van der Waals surface area contributed by atoms with Crippen LogP contribution in [0.2, 0.25) is 0 Å². The molecule has 5 aromatic rings. The predicted molar refractivity (Wildman–Crippen MR) is 129 cm³/mol. The van der Waals surface area contributed by atoms with Gasteiger partial charge in [-0.1, -0.05) is 0 Å². The highest BCUT2D eigenvalue weighted by atomic mass is 19.1. The molecule has 0 bridgehead atoms. The lowest BCUT2D eigenvalue weighted by molar-refractivity contribution is 0.591. The Bertz CT molecular complexity index is 1640. The van der Waals surface area contributed by atoms with Crippen LogP contribution in [0.4, 0.5) is 8.78 Å². The molecule has 5 rings (SSSR count). The van der Waals surface area contributed by atoms with Gasteiger partial charge in [-0.25, -0.2) is 18.8 Å². The van der Waals surface area contributed by atoms with Gasteiger partial charge in [0.25, 0.3) is 0 Å². The Morgan fingerprint density at radius 1 is 1.03 bits per heavy atom. The summed E-state index contributed by atoms with van der Waals surface area (Å²) in [6, 6.07) is 11.3. The molecule has 7 nitrogen and oxygen atoms in total. The van der Waals surface area contributed by atoms with E-state index >= 15 is 0 Å². The van der Waals surface area contributed by atoms with Crippen LogP contribution in [-0.4, -0.2) is 31.7 Å². The number of aryl methyl sites for hydroxylation is 2. The molecule has 0 atom stereocenters. The molecule has 3 aromatic heterocycles. The highest BCUT2D eigenvalue weighted by molar-refractivity contribution is 6.11. The molecule has 3 N–H and O–H groups in total. The first-order chi connectivity index (χ1) is 16.4. The van der Waals surface area contributed by atoms with Crippen LogP contribution in [0.3, 0.4) is 0 Å². The summed E-state index contributed by atoms with van der Waals surface area (Å²) in [6.45, 7) is 3.69. The number of amidine groups is 1. The molecule has 0 radical (unpaired) electrons. The second-order valence-corrected chi connectivity index (χ2v) is 7.83. The molecule has 0 aliphatic rings. The van der Waals surface area contributed by atoms with E-state index in [1.807, 2.05) is 31.2 Å². The molecule has 0 aliphatic carbocycles. The van der Waals surface area contributed by atoms with Gasteiger partial charge in [-0.15, -0.1) is 0 Å². The van der Waals surface area contributed by atoms with E-state index in [1.165, 1.54) is 12.3 Å². The van der Waals surface area contributed by atoms with Crippen molar-refractivity contribution in [2.75, 3.05) is 0 Å². The first-order valence-electron chi connectivity index (χ1n) is 10.4. The number of hydrogen-bond acceptors (Lipinski definition) is 4. The van der Waals surface area contributed by atoms with Gasteiger partial charge in [-0.2, -0.15) is 0 Å². The number of halogens is 2. The first-order valence-corrected chi connectivity index (χ1v) is 10.4. The average molecular weight is 455 g/mol. The van der Waals surface area contributed by atoms with E-state index in [4.69, 9.17) is 16.1 Å². The van der Waals surface area contributed by atoms with Crippen molar-refractivity contribution in [3.05, 3.63) is 83.6 Å². The van der Waals surface area contributed by atoms with E-state index in [1.54, 1.807) is 23.8 Å². The zero-order chi connectivity index (χ0) is 24.0. The SMILES string of the molecule is Cc1cc(-c2cc(C(N)=NC=N)c3nc(C)n(-c4ccnc5cc(F)cc(F)c45)c3c2)ccn1. The Kier molecular flexibility index (Phi) is 5.09. The van der Waals surface area contributed by atoms with Gasteiger partial charge in [0.15, 0.2) is 0 Å². The molecule has 0 amide bonds. The summed E-state index contributed by atoms with van der Waals surface area (Å²) in [5.74, 6) is -0.719. The number of imidazole rings is 1. The number of nitrogens with two attached hydrogens (primary N) is 1. The van der Waals surface area contributed by atoms with E-state index in [2.05, 4.69) is 15.0 Å². The Labute approximate surface area is 193 Å². The van der Waals surface area contributed by atoms with Crippen LogP contribution in [0.15, 0.2) is 59.9 Å². The third-order valence-corrected chi connectivity index (χ3v) is 5.61. The molecule has 0 aliphatic heterocycles. The quantitative estimate of drug-likeness (QED) is 0.299. The van der Waals surface area contributed by atoms with Crippen LogP contribution in [0.25, 0.3) is 38.8 Å². The fourth-order valence-electron chi connectivity index (χ4n) is 4.20. The van der Waals surface area contributed by atoms with E-state index in [0.29, 0.717) is 28.1 Å². The minimum Gasteiger partial charge on any atom is -0.383 e. The number of aliphatic imine (C=N–C) groups is 1. The van der Waals surface area contributed by atoms with Crippen molar-refractivity contribution < 1.29 is 8.78 Å². The van der Waals surface area contributed by atoms with Gasteiger partial charge in [0.2, 0.25) is 0 Å². The number of pyridine rings is 2. The number of nitrogens with zero attached hydrogens (tertiary/aromatic N) is 5. The molecular formula is C25H19F2N7. The maximum Gasteiger partial charge on any atom is 0.137 e. The first kappa shape index (κ1) is 21.3. The Morgan fingerprint density at radius 2 is 1.82 bits per heavy atom. The second-order valence-electron chi connectivity index (χ2n) is 7.83. The number of rotatable bonds is 4. The maximum absolute atomic E-state index is 14.9. The molecular weight excluding hydrogens is 436 g/mol. The van der Waals surface area contributed by atoms with Crippen LogP contribution in [0.5, 0.6) is 0 Å². The van der Waals surface area contributed by atoms with Gasteiger partial charge in [-0.3, -0.25) is 19.9 Å². The van der Waals surface area contributed by atoms with E-state index in [9.17, 15) is 8.78 Å². The molecule has 9 heteroatoms. The molecule has 2 aromatic carbocycles. The lowest BCUT2D eigenvalue weighted by atomic mass is 10.0. The second kappa shape index (κ2) is 8.11. The zero-order valence-electron chi connectivity index (χ0n) is 18.3. The summed E-state index contributed by atoms with van der Waals surface area (Å²) < 4.78 is 30.6. The third kappa shape index (κ3) is 3.47. The lowest BCUT2D eigenvalue weighted by Gasteiger charge is -2.13. The average Bonchev–Trinajstić information content (AvgIpc) is 3.13. The summed E-state index contributed by atoms with van der Waals surface area (Å²) in [7, 11) is 0. The Hall–Kier alpha value is -4.53. The van der Waals surface area contributed by atoms with Crippen molar-refractivity contribution in [1.82, 2.24) is 19.5 Å². The van der Waals surface area contributed by atoms with E-state index < -0.39 is 11.6 Å². The highest BCUT2D eigenvalue weighted by Gasteiger charge is 2.20. The number of hydrogen-bond donors (Lipinski definition) is 2. The van der Waals surface area contributed by atoms with Gasteiger partial charge in [0.1, 0.15) is 35.1 Å². The standard InChI is InChI=1S/C25H19F2N7/c1-13-7-15(3-5-30-13)16-8-18(25(29)32-12-28)24-22(9-16)34(14(2)33-24)21-4-6-31-20-11-17(26)10-19(27)23(20)21/h3-12H,1-2H3,(H3,28,29,32). The molecule has 0 saturated heterocycles. The summed E-state index contributed by atoms with van der Waals surface area (Å²) in [5.41, 5.74) is 11.2. The largest absolute Gasteiger partial charge is 0.383 e. The smallest absolute Gasteiger partial charge is 0.137 e. The van der Waals surface area contributed by atoms with Crippen molar-refractivity contribution in [1.29, 1.82) is 5.41 Å². The summed E-state index contributed by atoms with van der Waals surface area (Å²) in [6.07, 6.45) is 4.09. The fraction of sp³-hybridized carbons (Fsp3) is 0.0800. The van der Waals surface area contributed by atoms with Gasteiger partial charge >= 0.3 is 0 Å². The third-order valence-electron chi connectivity index (χ3n) is 5.61. The normalized spacial score (nSPS) is 11.9. The van der Waals surface area contributed by atoms with Crippen molar-refractivity contribution in [3.8, 4) is 16.8 Å². The number of fused-ring (bicyclic) bond motifs is 2. The summed E-state index contributed by atoms with van der Waals surface area (Å²) >= 11 is 0. The van der Waals surface area contributed by atoms with Crippen LogP contribution in [-0.2, 0) is 0 Å². The van der Waals surface area contributed by atoms with E-state index in [-0.39, 0.29) is 16.7 Å². The van der Waals surface area contributed by atoms with Gasteiger partial charge in [0.05, 0.1) is 22.1 Å². The van der Waals surface area contributed by atoms with Crippen molar-refractivity contribution in [2.24, 2.45) is 10.7 Å². The minimum atomic E-state index is -0.717. The monoisotopic (exact) mass is 455 g/mol. The molecule has 168 valence electrons. The van der Waals surface area contributed by atoms with Gasteiger partial charge in [-0.05, 0) is 55.3 Å². The molecule has 0 spiro atoms. The number of benzene rings is 2. The van der Waals surface area contributed by atoms with Crippen LogP contribution in [0.1, 0.15) is 17.1 Å². The number of nitrogens with one attached hydrogen (secondary N) is 1. The Morgan fingerprint density at radius 3 is 2.59 bits per heavy atom. The fourth-order valence-corrected chi connectivity index (χ4v) is 4.20. The van der Waals surface area contributed by atoms with Crippen LogP contribution < -0.4 is 5.73 Å². The topological polar surface area (TPSA) is 106 Å². The Balaban J connectivity index is 1.90. The van der Waals surface area contributed by atoms with Crippen molar-refractivity contribution in [3.63, 3.8) is 0 Å². The van der Waals surface area contributed by atoms with Crippen LogP contribution >= 0.6 is 0 Å². The molecule has 0 saturated carbocycles. The minimum absolute atomic E-state index is 0.130. The van der Waals surface area contributed by atoms with Gasteiger partial charge < -0.3 is 5.73 Å². The predicted octanol–water partition coefficient (Wildman–Crippen LogP) is 4.84. The van der Waals surface area contributed by atoms with Crippen LogP contribution in [0, 0.1) is 30.9 Å². The van der Waals surface area contributed by atoms with Crippen molar-refractivity contribution in [2.45, 2.75) is 13.8 Å². The van der Waals surface area contributed by atoms with E-state index in [0.717, 1.165) is 29.2 Å². The molecule has 3 heterocycles. The zero-order valence-corrected chi connectivity index (χ0v) is 18.3. The van der Waals surface area contributed by atoms with Gasteiger partial charge in [0, 0.05) is 35.8 Å². The van der Waals surface area contributed by atoms with Crippen molar-refractivity contribution >= 4 is 34.1 Å². The molecule has 0 fully saturated rings. The maximum atomic E-state index is 14.9. The molecule has 0 unspecified atom stereocenters. The molecule has 34 heavy (non-hydrogen) atoms. The summed E-state index contributed by atoms with van der Waals surface area (Å²) in [5, 5.41) is 7.52. The lowest BCUT2D eigenvalue weighted by Crippen LogP contribution is -2.14. The number of aromatic nitrogens is 4. The highest BCUT2D eigenvalue weighted by Crippen LogP contribution is 2.33.